The topological polar surface area (TPSA) is 57.6 Å². The van der Waals surface area contributed by atoms with Crippen molar-refractivity contribution in [2.75, 3.05) is 20.6 Å². The summed E-state index contributed by atoms with van der Waals surface area (Å²) in [6.45, 7) is 6.23. The Hall–Kier alpha value is -0.900. The molecule has 0 atom stereocenters. The van der Waals surface area contributed by atoms with Crippen molar-refractivity contribution in [2.24, 2.45) is 0 Å². The van der Waals surface area contributed by atoms with Gasteiger partial charge in [-0.15, -0.1) is 0 Å². The fourth-order valence-corrected chi connectivity index (χ4v) is 0.381. The standard InChI is InChI=1S/C6H13NO.C2H6.CH2O2/c1-6(8)4-5-7(2)3;1-2;2-1-3/h4-5H2,1-3H3;1-2H3;1H,(H,2,3). The van der Waals surface area contributed by atoms with Gasteiger partial charge in [0.2, 0.25) is 0 Å². The van der Waals surface area contributed by atoms with Crippen LogP contribution in [-0.4, -0.2) is 42.9 Å². The van der Waals surface area contributed by atoms with E-state index >= 15 is 0 Å². The van der Waals surface area contributed by atoms with Gasteiger partial charge < -0.3 is 10.0 Å². The lowest BCUT2D eigenvalue weighted by Gasteiger charge is -2.05. The molecule has 0 rings (SSSR count). The van der Waals surface area contributed by atoms with E-state index in [1.807, 2.05) is 32.8 Å². The first-order valence-corrected chi connectivity index (χ1v) is 4.26. The molecule has 0 aromatic carbocycles. The second kappa shape index (κ2) is 17.3. The number of hydrogen-bond acceptors (Lipinski definition) is 3. The predicted molar refractivity (Wildman–Crippen MR) is 53.9 cm³/mol. The van der Waals surface area contributed by atoms with E-state index in [1.165, 1.54) is 0 Å². The van der Waals surface area contributed by atoms with E-state index in [1.54, 1.807) is 6.92 Å². The summed E-state index contributed by atoms with van der Waals surface area (Å²) in [6, 6.07) is 0. The quantitative estimate of drug-likeness (QED) is 0.682. The molecular formula is C9H21NO3. The first-order chi connectivity index (χ1) is 6.04. The van der Waals surface area contributed by atoms with Gasteiger partial charge in [-0.2, -0.15) is 0 Å². The summed E-state index contributed by atoms with van der Waals surface area (Å²) in [4.78, 5) is 20.7. The van der Waals surface area contributed by atoms with Crippen LogP contribution in [0.2, 0.25) is 0 Å². The highest BCUT2D eigenvalue weighted by atomic mass is 16.3. The number of carbonyl (C=O) groups excluding carboxylic acids is 1. The van der Waals surface area contributed by atoms with Crippen molar-refractivity contribution in [3.8, 4) is 0 Å². The molecule has 0 saturated heterocycles. The van der Waals surface area contributed by atoms with Crippen molar-refractivity contribution in [2.45, 2.75) is 27.2 Å². The molecule has 0 bridgehead atoms. The summed E-state index contributed by atoms with van der Waals surface area (Å²) < 4.78 is 0. The van der Waals surface area contributed by atoms with E-state index in [4.69, 9.17) is 9.90 Å². The van der Waals surface area contributed by atoms with E-state index in [0.717, 1.165) is 6.54 Å². The van der Waals surface area contributed by atoms with Crippen LogP contribution >= 0.6 is 0 Å². The molecular weight excluding hydrogens is 170 g/mol. The molecule has 0 aromatic heterocycles. The van der Waals surface area contributed by atoms with E-state index < -0.39 is 0 Å². The van der Waals surface area contributed by atoms with E-state index in [9.17, 15) is 4.79 Å². The SMILES string of the molecule is CC.CC(=O)CCN(C)C.O=CO. The normalized spacial score (nSPS) is 7.54. The molecule has 0 aromatic rings. The molecule has 0 saturated carbocycles. The highest BCUT2D eigenvalue weighted by Gasteiger charge is 1.92. The largest absolute Gasteiger partial charge is 0.483 e. The van der Waals surface area contributed by atoms with Crippen molar-refractivity contribution in [1.82, 2.24) is 4.90 Å². The molecule has 0 fully saturated rings. The van der Waals surface area contributed by atoms with Crippen molar-refractivity contribution < 1.29 is 14.7 Å². The third kappa shape index (κ3) is 54.7. The minimum atomic E-state index is -0.250. The number of nitrogens with zero attached hydrogens (tertiary/aromatic N) is 1. The first-order valence-electron chi connectivity index (χ1n) is 4.26. The van der Waals surface area contributed by atoms with Crippen molar-refractivity contribution in [3.05, 3.63) is 0 Å². The Bertz CT molecular complexity index is 113. The van der Waals surface area contributed by atoms with Crippen molar-refractivity contribution in [3.63, 3.8) is 0 Å². The first kappa shape index (κ1) is 18.0. The number of ketones is 1. The summed E-state index contributed by atoms with van der Waals surface area (Å²) in [5.74, 6) is 0.263. The minimum Gasteiger partial charge on any atom is -0.483 e. The molecule has 0 aliphatic carbocycles. The molecule has 80 valence electrons. The van der Waals surface area contributed by atoms with Crippen LogP contribution in [-0.2, 0) is 9.59 Å². The van der Waals surface area contributed by atoms with Gasteiger partial charge in [-0.3, -0.25) is 9.59 Å². The lowest BCUT2D eigenvalue weighted by Crippen LogP contribution is -2.15. The Balaban J connectivity index is -0.000000169. The lowest BCUT2D eigenvalue weighted by molar-refractivity contribution is -0.123. The lowest BCUT2D eigenvalue weighted by atomic mass is 10.3. The Morgan fingerprint density at radius 2 is 1.69 bits per heavy atom. The number of carboxylic acid groups (broad SMARTS) is 1. The average Bonchev–Trinajstić information content (AvgIpc) is 2.06. The Morgan fingerprint density at radius 1 is 1.38 bits per heavy atom. The van der Waals surface area contributed by atoms with E-state index in [0.29, 0.717) is 6.42 Å². The third-order valence-corrected chi connectivity index (χ3v) is 0.911. The minimum absolute atomic E-state index is 0.250. The van der Waals surface area contributed by atoms with E-state index in [-0.39, 0.29) is 12.3 Å². The second-order valence-electron chi connectivity index (χ2n) is 2.36. The van der Waals surface area contributed by atoms with Gasteiger partial charge in [0.05, 0.1) is 0 Å². The van der Waals surface area contributed by atoms with Gasteiger partial charge in [-0.1, -0.05) is 13.8 Å². The van der Waals surface area contributed by atoms with Crippen molar-refractivity contribution >= 4 is 12.3 Å². The Morgan fingerprint density at radius 3 is 1.77 bits per heavy atom. The van der Waals surface area contributed by atoms with Crippen LogP contribution in [0.4, 0.5) is 0 Å². The smallest absolute Gasteiger partial charge is 0.290 e. The van der Waals surface area contributed by atoms with Gasteiger partial charge in [0, 0.05) is 13.0 Å². The maximum atomic E-state index is 10.3. The zero-order valence-electron chi connectivity index (χ0n) is 9.20. The zero-order valence-corrected chi connectivity index (χ0v) is 9.20. The monoisotopic (exact) mass is 191 g/mol. The van der Waals surface area contributed by atoms with Gasteiger partial charge in [0.25, 0.3) is 6.47 Å². The fourth-order valence-electron chi connectivity index (χ4n) is 0.381. The second-order valence-corrected chi connectivity index (χ2v) is 2.36. The summed E-state index contributed by atoms with van der Waals surface area (Å²) in [5.41, 5.74) is 0. The zero-order chi connectivity index (χ0) is 11.3. The van der Waals surface area contributed by atoms with Gasteiger partial charge in [-0.25, -0.2) is 0 Å². The van der Waals surface area contributed by atoms with Gasteiger partial charge >= 0.3 is 0 Å². The van der Waals surface area contributed by atoms with Crippen LogP contribution in [0.3, 0.4) is 0 Å². The number of hydrogen-bond donors (Lipinski definition) is 1. The maximum absolute atomic E-state index is 10.3. The summed E-state index contributed by atoms with van der Waals surface area (Å²) in [5, 5.41) is 6.89. The molecule has 0 amide bonds. The van der Waals surface area contributed by atoms with Crippen LogP contribution in [0.25, 0.3) is 0 Å². The highest BCUT2D eigenvalue weighted by molar-refractivity contribution is 5.75. The molecule has 0 aliphatic rings. The molecule has 0 spiro atoms. The fraction of sp³-hybridized carbons (Fsp3) is 0.778. The van der Waals surface area contributed by atoms with Gasteiger partial charge in [0.15, 0.2) is 0 Å². The van der Waals surface area contributed by atoms with Crippen LogP contribution < -0.4 is 0 Å². The predicted octanol–water partition coefficient (Wildman–Crippen LogP) is 1.25. The molecule has 0 radical (unpaired) electrons. The molecule has 0 aliphatic heterocycles. The summed E-state index contributed by atoms with van der Waals surface area (Å²) >= 11 is 0. The maximum Gasteiger partial charge on any atom is 0.290 e. The number of Topliss-reactive ketones (excluding diaryl/α,β-unsaturated/α-hetero) is 1. The Kier molecular flexibility index (Phi) is 23.9. The highest BCUT2D eigenvalue weighted by Crippen LogP contribution is 1.82. The number of rotatable bonds is 3. The molecule has 0 heterocycles. The number of carbonyl (C=O) groups is 2. The molecule has 4 heteroatoms. The molecule has 1 N–H and O–H groups in total. The Labute approximate surface area is 80.5 Å². The molecule has 0 unspecified atom stereocenters. The van der Waals surface area contributed by atoms with Gasteiger partial charge in [0.1, 0.15) is 5.78 Å². The van der Waals surface area contributed by atoms with Crippen molar-refractivity contribution in [1.29, 1.82) is 0 Å². The van der Waals surface area contributed by atoms with Crippen LogP contribution in [0.5, 0.6) is 0 Å². The van der Waals surface area contributed by atoms with Crippen LogP contribution in [0, 0.1) is 0 Å². The average molecular weight is 191 g/mol. The van der Waals surface area contributed by atoms with Crippen LogP contribution in [0.1, 0.15) is 27.2 Å². The van der Waals surface area contributed by atoms with Gasteiger partial charge in [-0.05, 0) is 21.0 Å². The third-order valence-electron chi connectivity index (χ3n) is 0.911. The summed E-state index contributed by atoms with van der Waals surface area (Å²) in [6.07, 6.45) is 0.674. The van der Waals surface area contributed by atoms with Crippen LogP contribution in [0.15, 0.2) is 0 Å². The molecule has 4 nitrogen and oxygen atoms in total. The summed E-state index contributed by atoms with van der Waals surface area (Å²) in [7, 11) is 3.92. The molecule has 13 heavy (non-hydrogen) atoms. The van der Waals surface area contributed by atoms with E-state index in [2.05, 4.69) is 0 Å².